The summed E-state index contributed by atoms with van der Waals surface area (Å²) in [5.74, 6) is -1.53. The Morgan fingerprint density at radius 1 is 0.875 bits per heavy atom. The van der Waals surface area contributed by atoms with Crippen LogP contribution in [-0.4, -0.2) is 35.3 Å². The highest BCUT2D eigenvalue weighted by Gasteiger charge is 2.32. The maximum absolute atomic E-state index is 13.6. The first kappa shape index (κ1) is 27.5. The molecule has 1 atom stereocenters. The number of ketones is 2. The standard InChI is InChI=1S/C31H26Cl2N2O5/c1-18-14-23(19(2)35(18)22-9-10-25(32)26(33)16-22)27(36)17-24(30(37)20-6-4-3-5-7-20)31(38)34-21-8-11-28-29(15-21)40-13-12-39-28/h3-11,14-16,24H,12-13,17H2,1-2H3,(H,34,38). The Balaban J connectivity index is 1.44. The van der Waals surface area contributed by atoms with Gasteiger partial charge in [-0.25, -0.2) is 0 Å². The van der Waals surface area contributed by atoms with Gasteiger partial charge in [-0.3, -0.25) is 14.4 Å². The number of hydrogen-bond donors (Lipinski definition) is 1. The number of amides is 1. The molecule has 1 N–H and O–H groups in total. The maximum atomic E-state index is 13.6. The van der Waals surface area contributed by atoms with Crippen LogP contribution in [0.15, 0.2) is 72.8 Å². The summed E-state index contributed by atoms with van der Waals surface area (Å²) in [7, 11) is 0. The highest BCUT2D eigenvalue weighted by molar-refractivity contribution is 6.42. The van der Waals surface area contributed by atoms with E-state index in [0.717, 1.165) is 11.4 Å². The van der Waals surface area contributed by atoms with Gasteiger partial charge in [-0.05, 0) is 50.2 Å². The van der Waals surface area contributed by atoms with Crippen LogP contribution in [0.1, 0.15) is 38.5 Å². The van der Waals surface area contributed by atoms with Crippen LogP contribution in [-0.2, 0) is 4.79 Å². The van der Waals surface area contributed by atoms with E-state index in [1.165, 1.54) is 0 Å². The third-order valence-electron chi connectivity index (χ3n) is 6.78. The highest BCUT2D eigenvalue weighted by atomic mass is 35.5. The Bertz CT molecular complexity index is 1610. The van der Waals surface area contributed by atoms with Crippen molar-refractivity contribution < 1.29 is 23.9 Å². The van der Waals surface area contributed by atoms with Crippen LogP contribution in [0.2, 0.25) is 10.0 Å². The van der Waals surface area contributed by atoms with Crippen molar-refractivity contribution in [2.24, 2.45) is 5.92 Å². The summed E-state index contributed by atoms with van der Waals surface area (Å²) in [6, 6.07) is 20.5. The monoisotopic (exact) mass is 576 g/mol. The molecule has 3 aromatic carbocycles. The van der Waals surface area contributed by atoms with Gasteiger partial charge < -0.3 is 19.4 Å². The molecule has 0 saturated heterocycles. The van der Waals surface area contributed by atoms with Crippen LogP contribution >= 0.6 is 23.2 Å². The molecule has 204 valence electrons. The van der Waals surface area contributed by atoms with Gasteiger partial charge in [-0.2, -0.15) is 0 Å². The van der Waals surface area contributed by atoms with Crippen molar-refractivity contribution in [1.82, 2.24) is 4.57 Å². The first-order chi connectivity index (χ1) is 19.2. The predicted molar refractivity (Wildman–Crippen MR) is 155 cm³/mol. The Hall–Kier alpha value is -4.07. The average Bonchev–Trinajstić information content (AvgIpc) is 3.26. The quantitative estimate of drug-likeness (QED) is 0.182. The lowest BCUT2D eigenvalue weighted by Gasteiger charge is -2.20. The van der Waals surface area contributed by atoms with E-state index in [9.17, 15) is 14.4 Å². The molecular formula is C31H26Cl2N2O5. The summed E-state index contributed by atoms with van der Waals surface area (Å²) in [6.07, 6.45) is -0.310. The van der Waals surface area contributed by atoms with Gasteiger partial charge in [0.05, 0.1) is 10.0 Å². The lowest BCUT2D eigenvalue weighted by atomic mass is 9.90. The Labute approximate surface area is 241 Å². The predicted octanol–water partition coefficient (Wildman–Crippen LogP) is 6.88. The molecule has 1 aliphatic heterocycles. The number of anilines is 1. The summed E-state index contributed by atoms with van der Waals surface area (Å²) in [5.41, 5.74) is 3.41. The summed E-state index contributed by atoms with van der Waals surface area (Å²) in [4.78, 5) is 40.7. The molecular weight excluding hydrogens is 551 g/mol. The van der Waals surface area contributed by atoms with Crippen molar-refractivity contribution in [3.05, 3.63) is 105 Å². The molecule has 1 aliphatic rings. The van der Waals surface area contributed by atoms with Crippen molar-refractivity contribution >= 4 is 46.4 Å². The molecule has 7 nitrogen and oxygen atoms in total. The third kappa shape index (κ3) is 5.62. The van der Waals surface area contributed by atoms with E-state index in [4.69, 9.17) is 32.7 Å². The number of halogens is 2. The number of fused-ring (bicyclic) bond motifs is 1. The minimum Gasteiger partial charge on any atom is -0.486 e. The fraction of sp³-hybridized carbons (Fsp3) is 0.194. The van der Waals surface area contributed by atoms with Gasteiger partial charge in [-0.15, -0.1) is 0 Å². The molecule has 5 rings (SSSR count). The molecule has 2 heterocycles. The Kier molecular flexibility index (Phi) is 7.96. The lowest BCUT2D eigenvalue weighted by Crippen LogP contribution is -2.32. The molecule has 0 saturated carbocycles. The van der Waals surface area contributed by atoms with Gasteiger partial charge in [-0.1, -0.05) is 53.5 Å². The number of ether oxygens (including phenoxy) is 2. The number of nitrogens with zero attached hydrogens (tertiary/aromatic N) is 1. The number of aromatic nitrogens is 1. The summed E-state index contributed by atoms with van der Waals surface area (Å²) >= 11 is 12.3. The van der Waals surface area contributed by atoms with Crippen molar-refractivity contribution in [2.75, 3.05) is 18.5 Å². The second kappa shape index (κ2) is 11.6. The summed E-state index contributed by atoms with van der Waals surface area (Å²) in [6.45, 7) is 4.52. The number of Topliss-reactive ketones (excluding diaryl/α,β-unsaturated/α-hetero) is 2. The number of carbonyl (C=O) groups excluding carboxylic acids is 3. The van der Waals surface area contributed by atoms with Gasteiger partial charge in [0.25, 0.3) is 0 Å². The van der Waals surface area contributed by atoms with Crippen molar-refractivity contribution in [2.45, 2.75) is 20.3 Å². The zero-order valence-electron chi connectivity index (χ0n) is 21.9. The van der Waals surface area contributed by atoms with Crippen LogP contribution in [0.5, 0.6) is 11.5 Å². The zero-order valence-corrected chi connectivity index (χ0v) is 23.4. The zero-order chi connectivity index (χ0) is 28.4. The van der Waals surface area contributed by atoms with E-state index in [1.54, 1.807) is 66.7 Å². The number of nitrogens with one attached hydrogen (secondary N) is 1. The molecule has 0 spiro atoms. The van der Waals surface area contributed by atoms with Crippen LogP contribution in [0.4, 0.5) is 5.69 Å². The molecule has 4 aromatic rings. The molecule has 0 fully saturated rings. The second-order valence-electron chi connectivity index (χ2n) is 9.48. The van der Waals surface area contributed by atoms with Crippen molar-refractivity contribution in [3.63, 3.8) is 0 Å². The number of hydrogen-bond acceptors (Lipinski definition) is 5. The normalized spacial score (nSPS) is 13.0. The van der Waals surface area contributed by atoms with Crippen molar-refractivity contribution in [3.8, 4) is 17.2 Å². The summed E-state index contributed by atoms with van der Waals surface area (Å²) in [5, 5.41) is 3.61. The van der Waals surface area contributed by atoms with Crippen LogP contribution < -0.4 is 14.8 Å². The van der Waals surface area contributed by atoms with E-state index in [0.29, 0.717) is 57.3 Å². The smallest absolute Gasteiger partial charge is 0.235 e. The SMILES string of the molecule is Cc1cc(C(=O)CC(C(=O)Nc2ccc3c(c2)OCCO3)C(=O)c2ccccc2)c(C)n1-c1ccc(Cl)c(Cl)c1. The molecule has 1 aromatic heterocycles. The van der Waals surface area contributed by atoms with E-state index in [-0.39, 0.29) is 12.2 Å². The molecule has 40 heavy (non-hydrogen) atoms. The first-order valence-corrected chi connectivity index (χ1v) is 13.5. The molecule has 9 heteroatoms. The number of aryl methyl sites for hydroxylation is 1. The van der Waals surface area contributed by atoms with Crippen molar-refractivity contribution in [1.29, 1.82) is 0 Å². The van der Waals surface area contributed by atoms with E-state index < -0.39 is 17.6 Å². The van der Waals surface area contributed by atoms with E-state index in [2.05, 4.69) is 5.32 Å². The van der Waals surface area contributed by atoms with Crippen LogP contribution in [0, 0.1) is 19.8 Å². The summed E-state index contributed by atoms with van der Waals surface area (Å²) < 4.78 is 13.0. The molecule has 0 aliphatic carbocycles. The van der Waals surface area contributed by atoms with Gasteiger partial charge in [0.15, 0.2) is 23.1 Å². The molecule has 1 amide bonds. The average molecular weight is 577 g/mol. The first-order valence-electron chi connectivity index (χ1n) is 12.7. The molecule has 0 radical (unpaired) electrons. The number of rotatable bonds is 8. The number of carbonyl (C=O) groups is 3. The Morgan fingerprint density at radius 3 is 2.33 bits per heavy atom. The van der Waals surface area contributed by atoms with Crippen LogP contribution in [0.25, 0.3) is 5.69 Å². The Morgan fingerprint density at radius 2 is 1.60 bits per heavy atom. The van der Waals surface area contributed by atoms with Gasteiger partial charge in [0.2, 0.25) is 5.91 Å². The fourth-order valence-electron chi connectivity index (χ4n) is 4.82. The highest BCUT2D eigenvalue weighted by Crippen LogP contribution is 2.33. The van der Waals surface area contributed by atoms with Gasteiger partial charge in [0, 0.05) is 46.4 Å². The maximum Gasteiger partial charge on any atom is 0.235 e. The minimum absolute atomic E-state index is 0.310. The van der Waals surface area contributed by atoms with Gasteiger partial charge in [0.1, 0.15) is 19.1 Å². The third-order valence-corrected chi connectivity index (χ3v) is 7.52. The second-order valence-corrected chi connectivity index (χ2v) is 10.3. The number of benzene rings is 3. The molecule has 0 bridgehead atoms. The van der Waals surface area contributed by atoms with E-state index >= 15 is 0 Å². The van der Waals surface area contributed by atoms with Crippen LogP contribution in [0.3, 0.4) is 0 Å². The molecule has 1 unspecified atom stereocenters. The minimum atomic E-state index is -1.25. The van der Waals surface area contributed by atoms with E-state index in [1.807, 2.05) is 24.5 Å². The topological polar surface area (TPSA) is 86.6 Å². The van der Waals surface area contributed by atoms with Gasteiger partial charge >= 0.3 is 0 Å². The lowest BCUT2D eigenvalue weighted by molar-refractivity contribution is -0.118. The fourth-order valence-corrected chi connectivity index (χ4v) is 5.11. The largest absolute Gasteiger partial charge is 0.486 e.